The summed E-state index contributed by atoms with van der Waals surface area (Å²) >= 11 is 6.05. The normalized spacial score (nSPS) is 15.4. The number of halogens is 1. The number of fused-ring (bicyclic) bond motifs is 2. The minimum absolute atomic E-state index is 0.0205. The fourth-order valence-electron chi connectivity index (χ4n) is 3.17. The largest absolute Gasteiger partial charge is 0.361 e. The van der Waals surface area contributed by atoms with Gasteiger partial charge in [-0.2, -0.15) is 0 Å². The van der Waals surface area contributed by atoms with Gasteiger partial charge in [0.2, 0.25) is 0 Å². The maximum Gasteiger partial charge on any atom is 0.261 e. The molecule has 0 radical (unpaired) electrons. The van der Waals surface area contributed by atoms with Crippen LogP contribution in [0.2, 0.25) is 5.02 Å². The summed E-state index contributed by atoms with van der Waals surface area (Å²) in [5.74, 6) is 1.56. The molecule has 4 rings (SSSR count). The van der Waals surface area contributed by atoms with Crippen molar-refractivity contribution in [2.75, 3.05) is 0 Å². The molecule has 0 unspecified atom stereocenters. The van der Waals surface area contributed by atoms with E-state index < -0.39 is 0 Å². The van der Waals surface area contributed by atoms with E-state index in [2.05, 4.69) is 10.1 Å². The van der Waals surface area contributed by atoms with Crippen molar-refractivity contribution in [1.29, 1.82) is 0 Å². The molecule has 24 heavy (non-hydrogen) atoms. The van der Waals surface area contributed by atoms with Crippen LogP contribution in [-0.4, -0.2) is 14.7 Å². The van der Waals surface area contributed by atoms with Crippen LogP contribution in [0.5, 0.6) is 0 Å². The van der Waals surface area contributed by atoms with Crippen LogP contribution in [0.4, 0.5) is 0 Å². The van der Waals surface area contributed by atoms with Gasteiger partial charge < -0.3 is 4.52 Å². The zero-order valence-electron chi connectivity index (χ0n) is 13.5. The van der Waals surface area contributed by atoms with Gasteiger partial charge in [-0.3, -0.25) is 9.36 Å². The standard InChI is InChI=1S/C18H16ClN3O2/c1-3-16-14(10(2)21-24-16)8-11-6-7-22-17(11)20-15-9-12(19)4-5-13(15)18(22)23/h4-5,8-9H,3,6-7H2,1-2H3/b11-8-. The fraction of sp³-hybridized carbons (Fsp3) is 0.278. The number of hydrogen-bond donors (Lipinski definition) is 0. The van der Waals surface area contributed by atoms with Crippen LogP contribution < -0.4 is 5.56 Å². The Labute approximate surface area is 143 Å². The Kier molecular flexibility index (Phi) is 3.53. The molecule has 0 atom stereocenters. The first-order chi connectivity index (χ1) is 11.6. The van der Waals surface area contributed by atoms with Gasteiger partial charge in [-0.25, -0.2) is 4.98 Å². The molecule has 0 aliphatic carbocycles. The van der Waals surface area contributed by atoms with E-state index in [-0.39, 0.29) is 5.56 Å². The number of allylic oxidation sites excluding steroid dienone is 1. The fourth-order valence-corrected chi connectivity index (χ4v) is 3.33. The van der Waals surface area contributed by atoms with Gasteiger partial charge in [-0.1, -0.05) is 23.7 Å². The van der Waals surface area contributed by atoms with Gasteiger partial charge in [0.1, 0.15) is 11.6 Å². The Balaban J connectivity index is 1.93. The van der Waals surface area contributed by atoms with Gasteiger partial charge in [0, 0.05) is 23.6 Å². The van der Waals surface area contributed by atoms with Crippen LogP contribution in [0.3, 0.4) is 0 Å². The summed E-state index contributed by atoms with van der Waals surface area (Å²) in [6, 6.07) is 5.19. The molecule has 3 aromatic rings. The summed E-state index contributed by atoms with van der Waals surface area (Å²) in [4.78, 5) is 17.4. The van der Waals surface area contributed by atoms with Crippen molar-refractivity contribution < 1.29 is 4.52 Å². The molecule has 0 saturated heterocycles. The van der Waals surface area contributed by atoms with E-state index in [0.29, 0.717) is 28.3 Å². The van der Waals surface area contributed by atoms with Gasteiger partial charge >= 0.3 is 0 Å². The van der Waals surface area contributed by atoms with Crippen molar-refractivity contribution in [2.45, 2.75) is 33.2 Å². The summed E-state index contributed by atoms with van der Waals surface area (Å²) in [7, 11) is 0. The van der Waals surface area contributed by atoms with Gasteiger partial charge in [-0.05, 0) is 43.2 Å². The molecular weight excluding hydrogens is 326 g/mol. The first kappa shape index (κ1) is 15.1. The minimum atomic E-state index is -0.0205. The van der Waals surface area contributed by atoms with Crippen molar-refractivity contribution in [3.8, 4) is 0 Å². The molecule has 0 spiro atoms. The molecule has 3 heterocycles. The number of benzene rings is 1. The highest BCUT2D eigenvalue weighted by Gasteiger charge is 2.22. The molecule has 1 aromatic carbocycles. The van der Waals surface area contributed by atoms with E-state index in [1.165, 1.54) is 0 Å². The van der Waals surface area contributed by atoms with E-state index in [9.17, 15) is 4.79 Å². The van der Waals surface area contributed by atoms with Crippen molar-refractivity contribution in [3.05, 3.63) is 56.4 Å². The lowest BCUT2D eigenvalue weighted by Gasteiger charge is -2.06. The zero-order chi connectivity index (χ0) is 16.8. The topological polar surface area (TPSA) is 60.9 Å². The lowest BCUT2D eigenvalue weighted by molar-refractivity contribution is 0.383. The average molecular weight is 342 g/mol. The minimum Gasteiger partial charge on any atom is -0.361 e. The Morgan fingerprint density at radius 3 is 3.04 bits per heavy atom. The molecule has 2 aromatic heterocycles. The van der Waals surface area contributed by atoms with E-state index in [1.54, 1.807) is 22.8 Å². The van der Waals surface area contributed by atoms with Crippen LogP contribution in [-0.2, 0) is 13.0 Å². The van der Waals surface area contributed by atoms with Gasteiger partial charge in [-0.15, -0.1) is 0 Å². The summed E-state index contributed by atoms with van der Waals surface area (Å²) in [6.07, 6.45) is 3.58. The molecule has 0 fully saturated rings. The summed E-state index contributed by atoms with van der Waals surface area (Å²) in [5, 5.41) is 5.21. The monoisotopic (exact) mass is 341 g/mol. The maximum absolute atomic E-state index is 12.7. The van der Waals surface area contributed by atoms with Crippen LogP contribution in [0, 0.1) is 6.92 Å². The van der Waals surface area contributed by atoms with E-state index in [1.807, 2.05) is 19.9 Å². The molecule has 0 N–H and O–H groups in total. The SMILES string of the molecule is CCc1onc(C)c1/C=C1/CCn2c1nc1cc(Cl)ccc1c2=O. The van der Waals surface area contributed by atoms with E-state index in [4.69, 9.17) is 16.1 Å². The second-order valence-corrected chi connectivity index (χ2v) is 6.37. The Bertz CT molecular complexity index is 1050. The van der Waals surface area contributed by atoms with Crippen molar-refractivity contribution >= 4 is 34.2 Å². The Morgan fingerprint density at radius 2 is 2.25 bits per heavy atom. The van der Waals surface area contributed by atoms with Crippen molar-refractivity contribution in [3.63, 3.8) is 0 Å². The van der Waals surface area contributed by atoms with Crippen molar-refractivity contribution in [1.82, 2.24) is 14.7 Å². The van der Waals surface area contributed by atoms with Crippen LogP contribution in [0.25, 0.3) is 22.6 Å². The smallest absolute Gasteiger partial charge is 0.261 e. The van der Waals surface area contributed by atoms with E-state index >= 15 is 0 Å². The molecule has 122 valence electrons. The average Bonchev–Trinajstić information content (AvgIpc) is 3.12. The van der Waals surface area contributed by atoms with Gasteiger partial charge in [0.25, 0.3) is 5.56 Å². The van der Waals surface area contributed by atoms with Crippen molar-refractivity contribution in [2.24, 2.45) is 0 Å². The lowest BCUT2D eigenvalue weighted by atomic mass is 10.1. The first-order valence-corrected chi connectivity index (χ1v) is 8.32. The highest BCUT2D eigenvalue weighted by Crippen LogP contribution is 2.30. The number of aryl methyl sites for hydroxylation is 2. The molecule has 0 amide bonds. The predicted octanol–water partition coefficient (Wildman–Crippen LogP) is 3.85. The van der Waals surface area contributed by atoms with Crippen LogP contribution >= 0.6 is 11.6 Å². The zero-order valence-corrected chi connectivity index (χ0v) is 14.2. The first-order valence-electron chi connectivity index (χ1n) is 7.94. The molecule has 6 heteroatoms. The molecule has 0 saturated carbocycles. The molecule has 1 aliphatic heterocycles. The molecule has 0 bridgehead atoms. The third-order valence-electron chi connectivity index (χ3n) is 4.43. The number of hydrogen-bond acceptors (Lipinski definition) is 4. The number of nitrogens with zero attached hydrogens (tertiary/aromatic N) is 3. The quantitative estimate of drug-likeness (QED) is 0.710. The summed E-state index contributed by atoms with van der Waals surface area (Å²) in [5.41, 5.74) is 3.47. The molecule has 5 nitrogen and oxygen atoms in total. The number of rotatable bonds is 2. The number of aromatic nitrogens is 3. The van der Waals surface area contributed by atoms with Crippen LogP contribution in [0.15, 0.2) is 27.5 Å². The van der Waals surface area contributed by atoms with Gasteiger partial charge in [0.15, 0.2) is 0 Å². The van der Waals surface area contributed by atoms with Crippen LogP contribution in [0.1, 0.15) is 36.2 Å². The maximum atomic E-state index is 12.7. The van der Waals surface area contributed by atoms with Gasteiger partial charge in [0.05, 0.1) is 16.6 Å². The second-order valence-electron chi connectivity index (χ2n) is 5.93. The second kappa shape index (κ2) is 5.60. The third-order valence-corrected chi connectivity index (χ3v) is 4.67. The third kappa shape index (κ3) is 2.27. The Morgan fingerprint density at radius 1 is 1.42 bits per heavy atom. The summed E-state index contributed by atoms with van der Waals surface area (Å²) in [6.45, 7) is 4.59. The highest BCUT2D eigenvalue weighted by atomic mass is 35.5. The summed E-state index contributed by atoms with van der Waals surface area (Å²) < 4.78 is 7.08. The predicted molar refractivity (Wildman–Crippen MR) is 94.1 cm³/mol. The van der Waals surface area contributed by atoms with E-state index in [0.717, 1.165) is 35.4 Å². The highest BCUT2D eigenvalue weighted by molar-refractivity contribution is 6.31. The Hall–Kier alpha value is -2.40. The lowest BCUT2D eigenvalue weighted by Crippen LogP contribution is -2.20. The molecular formula is C18H16ClN3O2. The molecule has 1 aliphatic rings.